The third-order valence-corrected chi connectivity index (χ3v) is 2.53. The summed E-state index contributed by atoms with van der Waals surface area (Å²) in [4.78, 5) is 21.7. The molecule has 0 aromatic carbocycles. The van der Waals surface area contributed by atoms with Gasteiger partial charge < -0.3 is 10.4 Å². The van der Waals surface area contributed by atoms with Crippen molar-refractivity contribution in [1.29, 1.82) is 0 Å². The Morgan fingerprint density at radius 3 is 2.57 bits per heavy atom. The minimum absolute atomic E-state index is 0.310. The Hall–Kier alpha value is -0.670. The Labute approximate surface area is 85.2 Å². The van der Waals surface area contributed by atoms with Crippen LogP contribution in [0.4, 0.5) is 0 Å². The van der Waals surface area contributed by atoms with E-state index in [1.165, 1.54) is 6.92 Å². The highest BCUT2D eigenvalue weighted by atomic mass is 31.1. The second-order valence-electron chi connectivity index (χ2n) is 3.26. The quantitative estimate of drug-likeness (QED) is 0.332. The Balaban J connectivity index is 3.88. The molecule has 0 rings (SSSR count). The average molecular weight is 220 g/mol. The van der Waals surface area contributed by atoms with Crippen molar-refractivity contribution >= 4 is 20.5 Å². The molecular weight excluding hydrogens is 203 g/mol. The maximum Gasteiger partial charge on any atom is 0.344 e. The average Bonchev–Trinajstić information content (AvgIpc) is 2.03. The minimum Gasteiger partial charge on any atom is -0.479 e. The number of carbonyl (C=O) groups excluding carboxylic acids is 1. The van der Waals surface area contributed by atoms with E-state index in [4.69, 9.17) is 10.8 Å². The maximum atomic E-state index is 11.2. The highest BCUT2D eigenvalue weighted by molar-refractivity contribution is 7.36. The SMILES string of the molecule is CPCCCC(=O)N[C@](C)(N)C(=O)O. The van der Waals surface area contributed by atoms with Crippen LogP contribution in [0.15, 0.2) is 0 Å². The van der Waals surface area contributed by atoms with Gasteiger partial charge in [-0.3, -0.25) is 10.5 Å². The standard InChI is InChI=1S/C8H17N2O3P/c1-8(9,7(12)13)10-6(11)4-3-5-14-2/h14H,3-5,9H2,1-2H3,(H,10,11)(H,12,13)/t8-/m0/s1. The molecule has 6 heteroatoms. The number of amides is 1. The number of hydrogen-bond donors (Lipinski definition) is 3. The highest BCUT2D eigenvalue weighted by Gasteiger charge is 2.29. The molecule has 0 aliphatic heterocycles. The third-order valence-electron chi connectivity index (χ3n) is 1.67. The molecule has 0 spiro atoms. The lowest BCUT2D eigenvalue weighted by Gasteiger charge is -2.20. The van der Waals surface area contributed by atoms with Gasteiger partial charge in [0.15, 0.2) is 5.66 Å². The molecule has 0 aromatic heterocycles. The van der Waals surface area contributed by atoms with Crippen LogP contribution in [0.25, 0.3) is 0 Å². The van der Waals surface area contributed by atoms with Crippen LogP contribution in [0, 0.1) is 0 Å². The summed E-state index contributed by atoms with van der Waals surface area (Å²) in [5.41, 5.74) is 3.67. The van der Waals surface area contributed by atoms with Crippen LogP contribution < -0.4 is 11.1 Å². The van der Waals surface area contributed by atoms with Crippen LogP contribution >= 0.6 is 8.58 Å². The molecule has 1 amide bonds. The molecule has 0 saturated carbocycles. The summed E-state index contributed by atoms with van der Waals surface area (Å²) in [7, 11) is 0.813. The second kappa shape index (κ2) is 5.94. The van der Waals surface area contributed by atoms with Gasteiger partial charge in [0.1, 0.15) is 0 Å². The van der Waals surface area contributed by atoms with E-state index in [2.05, 4.69) is 12.0 Å². The van der Waals surface area contributed by atoms with Crippen molar-refractivity contribution in [2.24, 2.45) is 5.73 Å². The molecule has 0 bridgehead atoms. The molecule has 0 fully saturated rings. The Morgan fingerprint density at radius 2 is 2.14 bits per heavy atom. The van der Waals surface area contributed by atoms with E-state index in [-0.39, 0.29) is 5.91 Å². The lowest BCUT2D eigenvalue weighted by Crippen LogP contribution is -2.59. The molecule has 0 aliphatic carbocycles. The first-order valence-electron chi connectivity index (χ1n) is 4.38. The molecular formula is C8H17N2O3P. The molecule has 0 aliphatic rings. The van der Waals surface area contributed by atoms with Gasteiger partial charge in [0.25, 0.3) is 0 Å². The van der Waals surface area contributed by atoms with Crippen LogP contribution in [0.3, 0.4) is 0 Å². The number of nitrogens with two attached hydrogens (primary N) is 1. The Bertz CT molecular complexity index is 219. The zero-order chi connectivity index (χ0) is 11.2. The van der Waals surface area contributed by atoms with Gasteiger partial charge in [-0.1, -0.05) is 0 Å². The molecule has 0 radical (unpaired) electrons. The van der Waals surface area contributed by atoms with Crippen LogP contribution in [-0.4, -0.2) is 35.5 Å². The first-order valence-corrected chi connectivity index (χ1v) is 6.08. The molecule has 82 valence electrons. The van der Waals surface area contributed by atoms with Gasteiger partial charge in [0, 0.05) is 6.42 Å². The molecule has 1 unspecified atom stereocenters. The smallest absolute Gasteiger partial charge is 0.344 e. The normalized spacial score (nSPS) is 15.4. The summed E-state index contributed by atoms with van der Waals surface area (Å²) >= 11 is 0. The van der Waals surface area contributed by atoms with Crippen molar-refractivity contribution in [2.45, 2.75) is 25.4 Å². The molecule has 0 saturated heterocycles. The first-order chi connectivity index (χ1) is 6.40. The lowest BCUT2D eigenvalue weighted by molar-refractivity contribution is -0.146. The largest absolute Gasteiger partial charge is 0.479 e. The molecule has 0 heterocycles. The number of aliphatic carboxylic acids is 1. The predicted molar refractivity (Wildman–Crippen MR) is 56.7 cm³/mol. The molecule has 5 nitrogen and oxygen atoms in total. The predicted octanol–water partition coefficient (Wildman–Crippen LogP) is -0.0494. The van der Waals surface area contributed by atoms with Crippen LogP contribution in [0.2, 0.25) is 0 Å². The number of rotatable bonds is 6. The number of nitrogens with one attached hydrogen (secondary N) is 1. The van der Waals surface area contributed by atoms with Crippen LogP contribution in [0.1, 0.15) is 19.8 Å². The van der Waals surface area contributed by atoms with Crippen molar-refractivity contribution in [1.82, 2.24) is 5.32 Å². The first kappa shape index (κ1) is 13.3. The Kier molecular flexibility index (Phi) is 5.65. The van der Waals surface area contributed by atoms with E-state index in [1.807, 2.05) is 0 Å². The topological polar surface area (TPSA) is 92.4 Å². The molecule has 2 atom stereocenters. The monoisotopic (exact) mass is 220 g/mol. The summed E-state index contributed by atoms with van der Waals surface area (Å²) < 4.78 is 0. The van der Waals surface area contributed by atoms with E-state index in [1.54, 1.807) is 0 Å². The number of carboxylic acids is 1. The summed E-state index contributed by atoms with van der Waals surface area (Å²) in [6.07, 6.45) is 2.10. The van der Waals surface area contributed by atoms with Crippen molar-refractivity contribution in [3.8, 4) is 0 Å². The number of carbonyl (C=O) groups is 2. The number of hydrogen-bond acceptors (Lipinski definition) is 3. The van der Waals surface area contributed by atoms with E-state index in [0.29, 0.717) is 6.42 Å². The van der Waals surface area contributed by atoms with Crippen molar-refractivity contribution in [3.05, 3.63) is 0 Å². The van der Waals surface area contributed by atoms with Gasteiger partial charge in [-0.05, 0) is 26.2 Å². The molecule has 4 N–H and O–H groups in total. The summed E-state index contributed by atoms with van der Waals surface area (Å²) in [6, 6.07) is 0. The fourth-order valence-corrected chi connectivity index (χ4v) is 1.36. The highest BCUT2D eigenvalue weighted by Crippen LogP contribution is 2.06. The minimum atomic E-state index is -1.66. The van der Waals surface area contributed by atoms with Gasteiger partial charge >= 0.3 is 5.97 Å². The van der Waals surface area contributed by atoms with E-state index >= 15 is 0 Å². The maximum absolute atomic E-state index is 11.2. The molecule has 14 heavy (non-hydrogen) atoms. The summed E-state index contributed by atoms with van der Waals surface area (Å²) in [6.45, 7) is 3.32. The van der Waals surface area contributed by atoms with E-state index in [9.17, 15) is 9.59 Å². The van der Waals surface area contributed by atoms with Crippen LogP contribution in [-0.2, 0) is 9.59 Å². The van der Waals surface area contributed by atoms with Gasteiger partial charge in [-0.2, -0.15) is 0 Å². The Morgan fingerprint density at radius 1 is 1.57 bits per heavy atom. The van der Waals surface area contributed by atoms with E-state index < -0.39 is 11.6 Å². The fourth-order valence-electron chi connectivity index (χ4n) is 0.831. The second-order valence-corrected chi connectivity index (χ2v) is 4.47. The zero-order valence-corrected chi connectivity index (χ0v) is 9.46. The van der Waals surface area contributed by atoms with Gasteiger partial charge in [-0.25, -0.2) is 4.79 Å². The third kappa shape index (κ3) is 5.14. The van der Waals surface area contributed by atoms with Gasteiger partial charge in [-0.15, -0.1) is 8.58 Å². The summed E-state index contributed by atoms with van der Waals surface area (Å²) in [5, 5.41) is 10.9. The van der Waals surface area contributed by atoms with Crippen molar-refractivity contribution in [2.75, 3.05) is 12.8 Å². The zero-order valence-electron chi connectivity index (χ0n) is 8.46. The van der Waals surface area contributed by atoms with Gasteiger partial charge in [0.2, 0.25) is 5.91 Å². The lowest BCUT2D eigenvalue weighted by atomic mass is 10.2. The van der Waals surface area contributed by atoms with Crippen molar-refractivity contribution < 1.29 is 14.7 Å². The van der Waals surface area contributed by atoms with Crippen LogP contribution in [0.5, 0.6) is 0 Å². The summed E-state index contributed by atoms with van der Waals surface area (Å²) in [5.74, 6) is -1.54. The van der Waals surface area contributed by atoms with E-state index in [0.717, 1.165) is 21.2 Å². The number of carboxylic acid groups (broad SMARTS) is 1. The van der Waals surface area contributed by atoms with Gasteiger partial charge in [0.05, 0.1) is 0 Å². The molecule has 0 aromatic rings. The fraction of sp³-hybridized carbons (Fsp3) is 0.750. The van der Waals surface area contributed by atoms with Crippen molar-refractivity contribution in [3.63, 3.8) is 0 Å².